The van der Waals surface area contributed by atoms with Crippen molar-refractivity contribution in [2.75, 3.05) is 4.90 Å². The number of benzene rings is 7. The normalized spacial score (nSPS) is 13.6. The maximum absolute atomic E-state index is 6.50. The third-order valence-corrected chi connectivity index (χ3v) is 11.2. The summed E-state index contributed by atoms with van der Waals surface area (Å²) in [5, 5.41) is 7.53. The van der Waals surface area contributed by atoms with Crippen LogP contribution in [0.5, 0.6) is 0 Å². The van der Waals surface area contributed by atoms with Crippen molar-refractivity contribution >= 4 is 81.3 Å². The standard InChI is InChI=1S/C43H29NOS/c1-43(2)35-15-9-8-14-31(35)33-24-28(17-20-36(33)43)44(27-11-4-3-5-12-27)29-18-21-37-34(25-29)41-38(45-37)22-19-32-40-30-13-7-6-10-26(30)16-23-39(40)46-42(32)41/h3-25H,1-2H3. The van der Waals surface area contributed by atoms with Crippen molar-refractivity contribution in [2.24, 2.45) is 0 Å². The average Bonchev–Trinajstić information content (AvgIpc) is 3.73. The second-order valence-corrected chi connectivity index (χ2v) is 14.0. The summed E-state index contributed by atoms with van der Waals surface area (Å²) in [4.78, 5) is 2.38. The molecule has 10 rings (SSSR count). The van der Waals surface area contributed by atoms with Crippen molar-refractivity contribution in [1.29, 1.82) is 0 Å². The van der Waals surface area contributed by atoms with Crippen LogP contribution in [0.4, 0.5) is 17.1 Å². The highest BCUT2D eigenvalue weighted by atomic mass is 32.1. The lowest BCUT2D eigenvalue weighted by Gasteiger charge is -2.27. The van der Waals surface area contributed by atoms with Gasteiger partial charge in [0.05, 0.1) is 0 Å². The quantitative estimate of drug-likeness (QED) is 0.199. The maximum atomic E-state index is 6.50. The Balaban J connectivity index is 1.22. The van der Waals surface area contributed by atoms with Gasteiger partial charge in [-0.2, -0.15) is 0 Å². The topological polar surface area (TPSA) is 16.4 Å². The van der Waals surface area contributed by atoms with E-state index in [-0.39, 0.29) is 5.41 Å². The summed E-state index contributed by atoms with van der Waals surface area (Å²) in [5.41, 5.74) is 10.6. The molecule has 0 radical (unpaired) electrons. The molecule has 0 aliphatic heterocycles. The first-order chi connectivity index (χ1) is 22.6. The van der Waals surface area contributed by atoms with Crippen LogP contribution in [-0.2, 0) is 5.41 Å². The maximum Gasteiger partial charge on any atom is 0.136 e. The van der Waals surface area contributed by atoms with E-state index in [9.17, 15) is 0 Å². The molecular weight excluding hydrogens is 579 g/mol. The minimum atomic E-state index is -0.0302. The zero-order chi connectivity index (χ0) is 30.6. The van der Waals surface area contributed by atoms with E-state index in [4.69, 9.17) is 4.42 Å². The first-order valence-electron chi connectivity index (χ1n) is 15.9. The van der Waals surface area contributed by atoms with Gasteiger partial charge in [-0.05, 0) is 93.7 Å². The smallest absolute Gasteiger partial charge is 0.136 e. The van der Waals surface area contributed by atoms with Crippen LogP contribution < -0.4 is 4.90 Å². The fourth-order valence-corrected chi connectivity index (χ4v) is 9.13. The fourth-order valence-electron chi connectivity index (χ4n) is 7.86. The lowest BCUT2D eigenvalue weighted by Crippen LogP contribution is -2.15. The van der Waals surface area contributed by atoms with E-state index in [1.165, 1.54) is 58.6 Å². The second kappa shape index (κ2) is 9.32. The van der Waals surface area contributed by atoms with Gasteiger partial charge in [-0.15, -0.1) is 11.3 Å². The molecule has 0 spiro atoms. The van der Waals surface area contributed by atoms with Crippen molar-refractivity contribution < 1.29 is 4.42 Å². The highest BCUT2D eigenvalue weighted by Crippen LogP contribution is 2.51. The lowest BCUT2D eigenvalue weighted by atomic mass is 9.82. The molecule has 0 saturated heterocycles. The largest absolute Gasteiger partial charge is 0.456 e. The number of thiophene rings is 1. The molecule has 218 valence electrons. The zero-order valence-corrected chi connectivity index (χ0v) is 26.4. The van der Waals surface area contributed by atoms with Gasteiger partial charge in [-0.1, -0.05) is 92.7 Å². The Morgan fingerprint density at radius 2 is 1.26 bits per heavy atom. The summed E-state index contributed by atoms with van der Waals surface area (Å²) in [6.07, 6.45) is 0. The molecule has 0 amide bonds. The molecule has 3 heteroatoms. The Morgan fingerprint density at radius 3 is 2.17 bits per heavy atom. The summed E-state index contributed by atoms with van der Waals surface area (Å²) in [7, 11) is 0. The van der Waals surface area contributed by atoms with Crippen molar-refractivity contribution in [1.82, 2.24) is 0 Å². The Bertz CT molecular complexity index is 2680. The van der Waals surface area contributed by atoms with Gasteiger partial charge >= 0.3 is 0 Å². The van der Waals surface area contributed by atoms with Crippen LogP contribution in [0.2, 0.25) is 0 Å². The molecule has 1 aliphatic carbocycles. The number of furan rings is 1. The molecule has 0 bridgehead atoms. The molecule has 7 aromatic carbocycles. The SMILES string of the molecule is CC1(C)c2ccccc2-c2cc(N(c3ccccc3)c3ccc4oc5ccc6c(sc7ccc8ccccc8c76)c5c4c3)ccc21. The van der Waals surface area contributed by atoms with Crippen LogP contribution >= 0.6 is 11.3 Å². The minimum Gasteiger partial charge on any atom is -0.456 e. The van der Waals surface area contributed by atoms with E-state index in [1.54, 1.807) is 0 Å². The molecule has 0 atom stereocenters. The summed E-state index contributed by atoms with van der Waals surface area (Å²) >= 11 is 1.87. The molecule has 0 unspecified atom stereocenters. The van der Waals surface area contributed by atoms with Crippen LogP contribution in [0.3, 0.4) is 0 Å². The Hall–Kier alpha value is -5.38. The van der Waals surface area contributed by atoms with Crippen LogP contribution in [-0.4, -0.2) is 0 Å². The second-order valence-electron chi connectivity index (χ2n) is 12.9. The van der Waals surface area contributed by atoms with Crippen LogP contribution in [0.15, 0.2) is 144 Å². The monoisotopic (exact) mass is 607 g/mol. The Kier molecular flexibility index (Phi) is 5.25. The number of hydrogen-bond donors (Lipinski definition) is 0. The molecule has 46 heavy (non-hydrogen) atoms. The molecule has 1 aliphatic rings. The summed E-state index contributed by atoms with van der Waals surface area (Å²) in [5.74, 6) is 0. The number of anilines is 3. The van der Waals surface area contributed by atoms with Gasteiger partial charge in [0, 0.05) is 53.4 Å². The molecule has 0 N–H and O–H groups in total. The third kappa shape index (κ3) is 3.52. The molecule has 0 saturated carbocycles. The van der Waals surface area contributed by atoms with Crippen LogP contribution in [0, 0.1) is 0 Å². The highest BCUT2D eigenvalue weighted by Gasteiger charge is 2.35. The van der Waals surface area contributed by atoms with E-state index in [1.807, 2.05) is 11.3 Å². The Morgan fingerprint density at radius 1 is 0.522 bits per heavy atom. The average molecular weight is 608 g/mol. The molecular formula is C43H29NOS. The van der Waals surface area contributed by atoms with E-state index >= 15 is 0 Å². The first-order valence-corrected chi connectivity index (χ1v) is 16.7. The van der Waals surface area contributed by atoms with Gasteiger partial charge in [0.25, 0.3) is 0 Å². The van der Waals surface area contributed by atoms with Crippen LogP contribution in [0.25, 0.3) is 64.0 Å². The van der Waals surface area contributed by atoms with Gasteiger partial charge < -0.3 is 9.32 Å². The van der Waals surface area contributed by atoms with Crippen molar-refractivity contribution in [3.8, 4) is 11.1 Å². The number of rotatable bonds is 3. The van der Waals surface area contributed by atoms with Gasteiger partial charge in [-0.3, -0.25) is 0 Å². The zero-order valence-electron chi connectivity index (χ0n) is 25.5. The Labute approximate surface area is 270 Å². The summed E-state index contributed by atoms with van der Waals surface area (Å²) < 4.78 is 9.09. The van der Waals surface area contributed by atoms with E-state index < -0.39 is 0 Å². The molecule has 2 heterocycles. The summed E-state index contributed by atoms with van der Waals surface area (Å²) in [6.45, 7) is 4.67. The molecule has 9 aromatic rings. The van der Waals surface area contributed by atoms with Crippen LogP contribution in [0.1, 0.15) is 25.0 Å². The lowest BCUT2D eigenvalue weighted by molar-refractivity contribution is 0.660. The number of para-hydroxylation sites is 1. The number of nitrogens with zero attached hydrogens (tertiary/aromatic N) is 1. The highest BCUT2D eigenvalue weighted by molar-refractivity contribution is 7.27. The van der Waals surface area contributed by atoms with Gasteiger partial charge in [0.1, 0.15) is 11.2 Å². The van der Waals surface area contributed by atoms with Gasteiger partial charge in [-0.25, -0.2) is 0 Å². The van der Waals surface area contributed by atoms with Crippen molar-refractivity contribution in [2.45, 2.75) is 19.3 Å². The molecule has 2 nitrogen and oxygen atoms in total. The molecule has 0 fully saturated rings. The summed E-state index contributed by atoms with van der Waals surface area (Å²) in [6, 6.07) is 50.8. The molecule has 2 aromatic heterocycles. The van der Waals surface area contributed by atoms with Gasteiger partial charge in [0.2, 0.25) is 0 Å². The number of fused-ring (bicyclic) bond motifs is 12. The van der Waals surface area contributed by atoms with Gasteiger partial charge in [0.15, 0.2) is 0 Å². The van der Waals surface area contributed by atoms with Crippen molar-refractivity contribution in [3.05, 3.63) is 151 Å². The first kappa shape index (κ1) is 25.9. The minimum absolute atomic E-state index is 0.0302. The fraction of sp³-hybridized carbons (Fsp3) is 0.0698. The predicted octanol–water partition coefficient (Wildman–Crippen LogP) is 12.9. The van der Waals surface area contributed by atoms with Crippen molar-refractivity contribution in [3.63, 3.8) is 0 Å². The number of hydrogen-bond acceptors (Lipinski definition) is 3. The van der Waals surface area contributed by atoms with E-state index in [0.29, 0.717) is 0 Å². The van der Waals surface area contributed by atoms with E-state index in [0.717, 1.165) is 33.6 Å². The predicted molar refractivity (Wildman–Crippen MR) is 196 cm³/mol. The van der Waals surface area contributed by atoms with E-state index in [2.05, 4.69) is 158 Å². The third-order valence-electron chi connectivity index (χ3n) is 10.0.